The number of halogens is 1. The van der Waals surface area contributed by atoms with Gasteiger partial charge in [0.25, 0.3) is 11.8 Å². The summed E-state index contributed by atoms with van der Waals surface area (Å²) in [6.07, 6.45) is 0. The predicted molar refractivity (Wildman–Crippen MR) is 106 cm³/mol. The topological polar surface area (TPSA) is 125 Å². The summed E-state index contributed by atoms with van der Waals surface area (Å²) in [5, 5.41) is 6.75. The number of benzene rings is 2. The number of hydrogen-bond acceptors (Lipinski definition) is 6. The Morgan fingerprint density at radius 3 is 2.55 bits per heavy atom. The minimum atomic E-state index is -0.794. The second-order valence-electron chi connectivity index (χ2n) is 5.98. The zero-order chi connectivity index (χ0) is 21.0. The van der Waals surface area contributed by atoms with E-state index in [2.05, 4.69) is 10.5 Å². The molecule has 29 heavy (non-hydrogen) atoms. The second kappa shape index (κ2) is 8.57. The maximum Gasteiger partial charge on any atom is 0.344 e. The highest BCUT2D eigenvalue weighted by atomic mass is 35.5. The fraction of sp³-hybridized carbons (Fsp3) is 0.100. The fourth-order valence-electron chi connectivity index (χ4n) is 2.65. The molecule has 9 heteroatoms. The number of aryl methyl sites for hydroxylation is 1. The largest absolute Gasteiger partial charge is 0.452 e. The third kappa shape index (κ3) is 4.44. The van der Waals surface area contributed by atoms with Crippen molar-refractivity contribution in [2.75, 3.05) is 11.9 Å². The Morgan fingerprint density at radius 2 is 1.83 bits per heavy atom. The standard InChI is InChI=1S/C20H16ClN3O5/c1-11-17(18(24-29-11)12-6-2-4-8-14(12)21)20(27)28-10-16(25)23-15-9-5-3-7-13(15)19(22)26/h2-9H,10H2,1H3,(H2,22,26)(H,23,25). The number of aromatic nitrogens is 1. The van der Waals surface area contributed by atoms with Crippen LogP contribution in [0.2, 0.25) is 5.02 Å². The molecule has 0 aliphatic heterocycles. The summed E-state index contributed by atoms with van der Waals surface area (Å²) >= 11 is 6.17. The molecule has 0 atom stereocenters. The molecule has 0 bridgehead atoms. The first-order chi connectivity index (χ1) is 13.9. The van der Waals surface area contributed by atoms with E-state index in [-0.39, 0.29) is 28.3 Å². The molecule has 1 aromatic heterocycles. The van der Waals surface area contributed by atoms with E-state index in [9.17, 15) is 14.4 Å². The second-order valence-corrected chi connectivity index (χ2v) is 6.38. The van der Waals surface area contributed by atoms with Gasteiger partial charge in [0.15, 0.2) is 6.61 Å². The molecule has 0 aliphatic carbocycles. The van der Waals surface area contributed by atoms with E-state index in [1.165, 1.54) is 12.1 Å². The molecule has 148 valence electrons. The smallest absolute Gasteiger partial charge is 0.344 e. The lowest BCUT2D eigenvalue weighted by Crippen LogP contribution is -2.23. The molecule has 0 saturated carbocycles. The minimum Gasteiger partial charge on any atom is -0.452 e. The van der Waals surface area contributed by atoms with Gasteiger partial charge in [-0.25, -0.2) is 4.79 Å². The molecule has 2 amide bonds. The van der Waals surface area contributed by atoms with Crippen molar-refractivity contribution < 1.29 is 23.6 Å². The zero-order valence-corrected chi connectivity index (χ0v) is 16.0. The van der Waals surface area contributed by atoms with Gasteiger partial charge in [-0.3, -0.25) is 9.59 Å². The van der Waals surface area contributed by atoms with E-state index < -0.39 is 24.4 Å². The first-order valence-electron chi connectivity index (χ1n) is 8.45. The molecule has 3 rings (SSSR count). The van der Waals surface area contributed by atoms with Crippen LogP contribution in [0.3, 0.4) is 0 Å². The van der Waals surface area contributed by atoms with Crippen LogP contribution in [0.1, 0.15) is 26.5 Å². The fourth-order valence-corrected chi connectivity index (χ4v) is 2.87. The predicted octanol–water partition coefficient (Wildman–Crippen LogP) is 3.20. The van der Waals surface area contributed by atoms with Gasteiger partial charge in [0.1, 0.15) is 17.0 Å². The number of esters is 1. The van der Waals surface area contributed by atoms with E-state index in [0.29, 0.717) is 10.6 Å². The molecular formula is C20H16ClN3O5. The Morgan fingerprint density at radius 1 is 1.14 bits per heavy atom. The summed E-state index contributed by atoms with van der Waals surface area (Å²) in [7, 11) is 0. The number of ether oxygens (including phenoxy) is 1. The number of amides is 2. The Labute approximate surface area is 170 Å². The van der Waals surface area contributed by atoms with Crippen molar-refractivity contribution in [3.05, 3.63) is 70.4 Å². The van der Waals surface area contributed by atoms with E-state index in [4.69, 9.17) is 26.6 Å². The van der Waals surface area contributed by atoms with E-state index in [0.717, 1.165) is 0 Å². The van der Waals surface area contributed by atoms with Crippen LogP contribution >= 0.6 is 11.6 Å². The van der Waals surface area contributed by atoms with Crippen molar-refractivity contribution in [2.45, 2.75) is 6.92 Å². The van der Waals surface area contributed by atoms with Gasteiger partial charge in [-0.05, 0) is 25.1 Å². The van der Waals surface area contributed by atoms with Crippen molar-refractivity contribution >= 4 is 35.1 Å². The quantitative estimate of drug-likeness (QED) is 0.598. The van der Waals surface area contributed by atoms with Gasteiger partial charge < -0.3 is 20.3 Å². The number of anilines is 1. The van der Waals surface area contributed by atoms with Gasteiger partial charge in [-0.15, -0.1) is 0 Å². The molecule has 3 aromatic rings. The van der Waals surface area contributed by atoms with Crippen LogP contribution in [0.4, 0.5) is 5.69 Å². The average Bonchev–Trinajstić information content (AvgIpc) is 3.08. The highest BCUT2D eigenvalue weighted by Crippen LogP contribution is 2.31. The molecule has 8 nitrogen and oxygen atoms in total. The third-order valence-corrected chi connectivity index (χ3v) is 4.33. The highest BCUT2D eigenvalue weighted by molar-refractivity contribution is 6.33. The van der Waals surface area contributed by atoms with Gasteiger partial charge in [0.2, 0.25) is 0 Å². The monoisotopic (exact) mass is 413 g/mol. The lowest BCUT2D eigenvalue weighted by Gasteiger charge is -2.09. The van der Waals surface area contributed by atoms with Crippen LogP contribution in [-0.2, 0) is 9.53 Å². The Balaban J connectivity index is 1.73. The average molecular weight is 414 g/mol. The molecule has 0 aliphatic rings. The van der Waals surface area contributed by atoms with Crippen molar-refractivity contribution in [1.82, 2.24) is 5.16 Å². The first kappa shape index (κ1) is 20.1. The molecule has 0 saturated heterocycles. The first-order valence-corrected chi connectivity index (χ1v) is 8.83. The molecule has 0 unspecified atom stereocenters. The summed E-state index contributed by atoms with van der Waals surface area (Å²) in [6, 6.07) is 13.0. The lowest BCUT2D eigenvalue weighted by atomic mass is 10.1. The van der Waals surface area contributed by atoms with Gasteiger partial charge in [-0.2, -0.15) is 0 Å². The lowest BCUT2D eigenvalue weighted by molar-refractivity contribution is -0.119. The van der Waals surface area contributed by atoms with Crippen LogP contribution in [0.15, 0.2) is 53.1 Å². The van der Waals surface area contributed by atoms with Crippen LogP contribution in [0.5, 0.6) is 0 Å². The summed E-state index contributed by atoms with van der Waals surface area (Å²) < 4.78 is 10.2. The zero-order valence-electron chi connectivity index (χ0n) is 15.3. The molecule has 0 fully saturated rings. The van der Waals surface area contributed by atoms with Crippen LogP contribution in [-0.4, -0.2) is 29.5 Å². The molecule has 0 radical (unpaired) electrons. The normalized spacial score (nSPS) is 10.4. The number of primary amides is 1. The van der Waals surface area contributed by atoms with Gasteiger partial charge in [-0.1, -0.05) is 47.1 Å². The summed E-state index contributed by atoms with van der Waals surface area (Å²) in [4.78, 5) is 36.1. The third-order valence-electron chi connectivity index (χ3n) is 4.00. The molecule has 0 spiro atoms. The number of hydrogen-bond donors (Lipinski definition) is 2. The molecule has 3 N–H and O–H groups in total. The van der Waals surface area contributed by atoms with E-state index in [1.54, 1.807) is 43.3 Å². The van der Waals surface area contributed by atoms with Crippen molar-refractivity contribution in [3.8, 4) is 11.3 Å². The summed E-state index contributed by atoms with van der Waals surface area (Å²) in [5.74, 6) is -1.90. The van der Waals surface area contributed by atoms with Gasteiger partial charge in [0, 0.05) is 5.56 Å². The number of nitrogens with two attached hydrogens (primary N) is 1. The van der Waals surface area contributed by atoms with Crippen molar-refractivity contribution in [1.29, 1.82) is 0 Å². The Hall–Kier alpha value is -3.65. The summed E-state index contributed by atoms with van der Waals surface area (Å²) in [5.41, 5.74) is 6.43. The number of rotatable bonds is 6. The molecular weight excluding hydrogens is 398 g/mol. The maximum absolute atomic E-state index is 12.5. The van der Waals surface area contributed by atoms with Gasteiger partial charge in [0.05, 0.1) is 16.3 Å². The number of para-hydroxylation sites is 1. The number of nitrogens with zero attached hydrogens (tertiary/aromatic N) is 1. The van der Waals surface area contributed by atoms with Gasteiger partial charge >= 0.3 is 5.97 Å². The van der Waals surface area contributed by atoms with Crippen LogP contribution in [0.25, 0.3) is 11.3 Å². The van der Waals surface area contributed by atoms with Crippen LogP contribution in [0, 0.1) is 6.92 Å². The van der Waals surface area contributed by atoms with E-state index in [1.807, 2.05) is 0 Å². The number of carbonyl (C=O) groups is 3. The SMILES string of the molecule is Cc1onc(-c2ccccc2Cl)c1C(=O)OCC(=O)Nc1ccccc1C(N)=O. The number of carbonyl (C=O) groups excluding carboxylic acids is 3. The van der Waals surface area contributed by atoms with E-state index >= 15 is 0 Å². The van der Waals surface area contributed by atoms with Crippen LogP contribution < -0.4 is 11.1 Å². The number of nitrogens with one attached hydrogen (secondary N) is 1. The van der Waals surface area contributed by atoms with Crippen molar-refractivity contribution in [2.24, 2.45) is 5.73 Å². The molecule has 2 aromatic carbocycles. The maximum atomic E-state index is 12.5. The minimum absolute atomic E-state index is 0.0726. The molecule has 1 heterocycles. The Bertz CT molecular complexity index is 1090. The highest BCUT2D eigenvalue weighted by Gasteiger charge is 2.25. The Kier molecular flexibility index (Phi) is 5.94. The van der Waals surface area contributed by atoms with Crippen molar-refractivity contribution in [3.63, 3.8) is 0 Å². The summed E-state index contributed by atoms with van der Waals surface area (Å²) in [6.45, 7) is 0.964.